The van der Waals surface area contributed by atoms with Crippen LogP contribution >= 0.6 is 0 Å². The van der Waals surface area contributed by atoms with Crippen molar-refractivity contribution >= 4 is 15.7 Å². The molecule has 1 aliphatic rings. The number of benzene rings is 1. The number of nitro benzene ring substituents is 1. The Morgan fingerprint density at radius 1 is 1.36 bits per heavy atom. The van der Waals surface area contributed by atoms with Crippen LogP contribution in [0.3, 0.4) is 0 Å². The molecule has 1 heterocycles. The maximum Gasteiger partial charge on any atom is 0.289 e. The summed E-state index contributed by atoms with van der Waals surface area (Å²) in [5.41, 5.74) is -0.422. The maximum atomic E-state index is 12.3. The Balaban J connectivity index is 2.06. The second-order valence-electron chi connectivity index (χ2n) is 5.07. The van der Waals surface area contributed by atoms with Gasteiger partial charge in [-0.2, -0.15) is 0 Å². The number of para-hydroxylation sites is 1. The van der Waals surface area contributed by atoms with Crippen molar-refractivity contribution in [1.29, 1.82) is 0 Å². The first-order chi connectivity index (χ1) is 10.4. The third kappa shape index (κ3) is 4.01. The van der Waals surface area contributed by atoms with Crippen molar-refractivity contribution in [2.24, 2.45) is 0 Å². The van der Waals surface area contributed by atoms with Gasteiger partial charge in [-0.3, -0.25) is 15.0 Å². The summed E-state index contributed by atoms with van der Waals surface area (Å²) in [6, 6.07) is 5.31. The highest BCUT2D eigenvalue weighted by Crippen LogP contribution is 2.22. The molecule has 1 N–H and O–H groups in total. The fourth-order valence-electron chi connectivity index (χ4n) is 2.29. The predicted octanol–water partition coefficient (Wildman–Crippen LogP) is 0.594. The summed E-state index contributed by atoms with van der Waals surface area (Å²) >= 11 is 0. The molecule has 122 valence electrons. The average Bonchev–Trinajstić information content (AvgIpc) is 2.53. The van der Waals surface area contributed by atoms with Crippen LogP contribution in [0, 0.1) is 10.1 Å². The van der Waals surface area contributed by atoms with Crippen molar-refractivity contribution < 1.29 is 18.1 Å². The second kappa shape index (κ2) is 7.14. The molecule has 1 saturated heterocycles. The molecule has 8 nitrogen and oxygen atoms in total. The lowest BCUT2D eigenvalue weighted by Crippen LogP contribution is -2.47. The number of sulfonamides is 1. The van der Waals surface area contributed by atoms with Gasteiger partial charge in [0.25, 0.3) is 5.69 Å². The summed E-state index contributed by atoms with van der Waals surface area (Å²) in [5, 5.41) is 10.9. The third-order valence-electron chi connectivity index (χ3n) is 3.59. The van der Waals surface area contributed by atoms with Crippen molar-refractivity contribution in [3.8, 4) is 0 Å². The summed E-state index contributed by atoms with van der Waals surface area (Å²) in [4.78, 5) is 12.1. The van der Waals surface area contributed by atoms with Crippen LogP contribution in [0.15, 0.2) is 29.2 Å². The highest BCUT2D eigenvalue weighted by molar-refractivity contribution is 7.89. The van der Waals surface area contributed by atoms with Crippen molar-refractivity contribution in [3.63, 3.8) is 0 Å². The Morgan fingerprint density at radius 2 is 2.00 bits per heavy atom. The normalized spacial score (nSPS) is 18.0. The SMILES string of the molecule is CC(CNS(=O)(=O)c1ccccc1[N+](=O)[O-])N1CCOCC1. The Labute approximate surface area is 129 Å². The van der Waals surface area contributed by atoms with E-state index in [-0.39, 0.29) is 17.5 Å². The van der Waals surface area contributed by atoms with Gasteiger partial charge in [0.15, 0.2) is 4.90 Å². The molecule has 0 amide bonds. The standard InChI is InChI=1S/C13H19N3O5S/c1-11(15-6-8-21-9-7-15)10-14-22(19,20)13-5-3-2-4-12(13)16(17)18/h2-5,11,14H,6-10H2,1H3. The van der Waals surface area contributed by atoms with E-state index in [9.17, 15) is 18.5 Å². The van der Waals surface area contributed by atoms with Crippen LogP contribution in [0.2, 0.25) is 0 Å². The number of nitrogens with zero attached hydrogens (tertiary/aromatic N) is 2. The molecule has 0 radical (unpaired) electrons. The van der Waals surface area contributed by atoms with Crippen LogP contribution in [0.1, 0.15) is 6.92 Å². The van der Waals surface area contributed by atoms with Crippen LogP contribution in [0.4, 0.5) is 5.69 Å². The van der Waals surface area contributed by atoms with E-state index in [0.29, 0.717) is 13.2 Å². The average molecular weight is 329 g/mol. The van der Waals surface area contributed by atoms with Gasteiger partial charge < -0.3 is 4.74 Å². The minimum Gasteiger partial charge on any atom is -0.379 e. The Bertz CT molecular complexity index is 628. The minimum atomic E-state index is -3.92. The van der Waals surface area contributed by atoms with Crippen LogP contribution in [0.25, 0.3) is 0 Å². The molecule has 1 fully saturated rings. The fraction of sp³-hybridized carbons (Fsp3) is 0.538. The van der Waals surface area contributed by atoms with Crippen molar-refractivity contribution in [2.75, 3.05) is 32.8 Å². The molecule has 22 heavy (non-hydrogen) atoms. The zero-order valence-corrected chi connectivity index (χ0v) is 13.1. The van der Waals surface area contributed by atoms with Crippen molar-refractivity contribution in [3.05, 3.63) is 34.4 Å². The van der Waals surface area contributed by atoms with E-state index in [4.69, 9.17) is 4.74 Å². The van der Waals surface area contributed by atoms with Gasteiger partial charge >= 0.3 is 0 Å². The number of hydrogen-bond acceptors (Lipinski definition) is 6. The van der Waals surface area contributed by atoms with Crippen LogP contribution in [-0.2, 0) is 14.8 Å². The number of ether oxygens (including phenoxy) is 1. The predicted molar refractivity (Wildman–Crippen MR) is 80.1 cm³/mol. The van der Waals surface area contributed by atoms with Crippen molar-refractivity contribution in [2.45, 2.75) is 17.9 Å². The lowest BCUT2D eigenvalue weighted by atomic mass is 10.2. The van der Waals surface area contributed by atoms with E-state index >= 15 is 0 Å². The number of rotatable bonds is 6. The van der Waals surface area contributed by atoms with Gasteiger partial charge in [-0.15, -0.1) is 0 Å². The van der Waals surface area contributed by atoms with E-state index in [0.717, 1.165) is 13.1 Å². The van der Waals surface area contributed by atoms with Crippen LogP contribution in [-0.4, -0.2) is 57.1 Å². The molecule has 1 atom stereocenters. The molecular weight excluding hydrogens is 310 g/mol. The fourth-order valence-corrected chi connectivity index (χ4v) is 3.58. The van der Waals surface area contributed by atoms with E-state index < -0.39 is 20.6 Å². The highest BCUT2D eigenvalue weighted by atomic mass is 32.2. The number of hydrogen-bond donors (Lipinski definition) is 1. The van der Waals surface area contributed by atoms with Crippen LogP contribution in [0.5, 0.6) is 0 Å². The summed E-state index contributed by atoms with van der Waals surface area (Å²) < 4.78 is 32.3. The maximum absolute atomic E-state index is 12.3. The van der Waals surface area contributed by atoms with Gasteiger partial charge in [0.2, 0.25) is 10.0 Å². The number of morpholine rings is 1. The topological polar surface area (TPSA) is 102 Å². The molecule has 1 aromatic carbocycles. The zero-order valence-electron chi connectivity index (χ0n) is 12.3. The van der Waals surface area contributed by atoms with E-state index in [1.807, 2.05) is 6.92 Å². The second-order valence-corrected chi connectivity index (χ2v) is 6.81. The molecule has 0 aliphatic carbocycles. The first kappa shape index (κ1) is 16.8. The van der Waals surface area contributed by atoms with Gasteiger partial charge in [-0.25, -0.2) is 13.1 Å². The Hall–Kier alpha value is -1.55. The Morgan fingerprint density at radius 3 is 2.64 bits per heavy atom. The molecular formula is C13H19N3O5S. The molecule has 1 unspecified atom stereocenters. The molecule has 0 saturated carbocycles. The van der Waals surface area contributed by atoms with Crippen molar-refractivity contribution in [1.82, 2.24) is 9.62 Å². The highest BCUT2D eigenvalue weighted by Gasteiger charge is 2.26. The molecule has 1 aromatic rings. The molecule has 2 rings (SSSR count). The monoisotopic (exact) mass is 329 g/mol. The smallest absolute Gasteiger partial charge is 0.289 e. The molecule has 0 aromatic heterocycles. The summed E-state index contributed by atoms with van der Waals surface area (Å²) in [6.45, 7) is 4.84. The summed E-state index contributed by atoms with van der Waals surface area (Å²) in [5.74, 6) is 0. The summed E-state index contributed by atoms with van der Waals surface area (Å²) in [6.07, 6.45) is 0. The number of nitrogens with one attached hydrogen (secondary N) is 1. The largest absolute Gasteiger partial charge is 0.379 e. The number of nitro groups is 1. The lowest BCUT2D eigenvalue weighted by molar-refractivity contribution is -0.387. The van der Waals surface area contributed by atoms with E-state index in [2.05, 4.69) is 9.62 Å². The lowest BCUT2D eigenvalue weighted by Gasteiger charge is -2.32. The first-order valence-electron chi connectivity index (χ1n) is 6.96. The molecule has 0 spiro atoms. The molecule has 9 heteroatoms. The van der Waals surface area contributed by atoms with Gasteiger partial charge in [0, 0.05) is 31.7 Å². The third-order valence-corrected chi connectivity index (χ3v) is 5.06. The zero-order chi connectivity index (χ0) is 16.2. The van der Waals surface area contributed by atoms with Gasteiger partial charge in [0.1, 0.15) is 0 Å². The van der Waals surface area contributed by atoms with Gasteiger partial charge in [0.05, 0.1) is 18.1 Å². The van der Waals surface area contributed by atoms with Gasteiger partial charge in [-0.05, 0) is 13.0 Å². The van der Waals surface area contributed by atoms with Gasteiger partial charge in [-0.1, -0.05) is 12.1 Å². The quantitative estimate of drug-likeness (QED) is 0.605. The van der Waals surface area contributed by atoms with E-state index in [1.165, 1.54) is 24.3 Å². The molecule has 0 bridgehead atoms. The Kier molecular flexibility index (Phi) is 5.46. The van der Waals surface area contributed by atoms with Crippen LogP contribution < -0.4 is 4.72 Å². The first-order valence-corrected chi connectivity index (χ1v) is 8.45. The minimum absolute atomic E-state index is 0.0126. The van der Waals surface area contributed by atoms with E-state index in [1.54, 1.807) is 0 Å². The molecule has 1 aliphatic heterocycles. The summed E-state index contributed by atoms with van der Waals surface area (Å²) in [7, 11) is -3.92.